The number of anilines is 1. The van der Waals surface area contributed by atoms with Crippen molar-refractivity contribution in [2.24, 2.45) is 7.05 Å². The summed E-state index contributed by atoms with van der Waals surface area (Å²) in [6.07, 6.45) is 1.52. The number of benzene rings is 1. The summed E-state index contributed by atoms with van der Waals surface area (Å²) >= 11 is 0. The van der Waals surface area contributed by atoms with Crippen LogP contribution >= 0.6 is 0 Å². The molecule has 1 aromatic carbocycles. The van der Waals surface area contributed by atoms with E-state index in [1.165, 1.54) is 18.3 Å². The van der Waals surface area contributed by atoms with Crippen LogP contribution in [0.3, 0.4) is 0 Å². The number of nitriles is 1. The Bertz CT molecular complexity index is 561. The van der Waals surface area contributed by atoms with Crippen LogP contribution in [-0.4, -0.2) is 9.78 Å². The van der Waals surface area contributed by atoms with Crippen molar-refractivity contribution in [1.82, 2.24) is 9.78 Å². The summed E-state index contributed by atoms with van der Waals surface area (Å²) in [6.45, 7) is 0. The van der Waals surface area contributed by atoms with Crippen LogP contribution in [0.25, 0.3) is 11.3 Å². The molecule has 0 aliphatic carbocycles. The summed E-state index contributed by atoms with van der Waals surface area (Å²) in [5.41, 5.74) is 7.59. The number of halogens is 1. The van der Waals surface area contributed by atoms with Crippen LogP contribution in [0.1, 0.15) is 5.56 Å². The highest BCUT2D eigenvalue weighted by atomic mass is 19.1. The summed E-state index contributed by atoms with van der Waals surface area (Å²) in [5.74, 6) is -0.535. The van der Waals surface area contributed by atoms with Crippen molar-refractivity contribution in [3.8, 4) is 17.3 Å². The fourth-order valence-corrected chi connectivity index (χ4v) is 1.57. The van der Waals surface area contributed by atoms with Gasteiger partial charge in [-0.15, -0.1) is 0 Å². The third kappa shape index (κ3) is 1.50. The number of aromatic nitrogens is 2. The zero-order chi connectivity index (χ0) is 11.7. The fraction of sp³-hybridized carbons (Fsp3) is 0.0909. The van der Waals surface area contributed by atoms with Crippen molar-refractivity contribution in [2.75, 3.05) is 5.73 Å². The molecule has 0 radical (unpaired) electrons. The first kappa shape index (κ1) is 10.2. The van der Waals surface area contributed by atoms with Crippen molar-refractivity contribution in [3.63, 3.8) is 0 Å². The van der Waals surface area contributed by atoms with Gasteiger partial charge in [-0.2, -0.15) is 10.4 Å². The molecular formula is C11H9FN4. The molecule has 16 heavy (non-hydrogen) atoms. The third-order valence-corrected chi connectivity index (χ3v) is 2.33. The van der Waals surface area contributed by atoms with E-state index >= 15 is 0 Å². The summed E-state index contributed by atoms with van der Waals surface area (Å²) in [7, 11) is 1.74. The molecule has 0 amide bonds. The van der Waals surface area contributed by atoms with E-state index in [1.54, 1.807) is 23.9 Å². The molecule has 0 fully saturated rings. The molecule has 1 heterocycles. The molecule has 0 unspecified atom stereocenters. The van der Waals surface area contributed by atoms with Crippen LogP contribution in [-0.2, 0) is 7.05 Å². The fourth-order valence-electron chi connectivity index (χ4n) is 1.57. The van der Waals surface area contributed by atoms with Crippen LogP contribution in [0.5, 0.6) is 0 Å². The topological polar surface area (TPSA) is 67.6 Å². The number of nitrogens with zero attached hydrogens (tertiary/aromatic N) is 3. The Balaban J connectivity index is 2.62. The van der Waals surface area contributed by atoms with Gasteiger partial charge in [-0.1, -0.05) is 0 Å². The van der Waals surface area contributed by atoms with E-state index in [4.69, 9.17) is 11.0 Å². The molecule has 2 aromatic rings. The molecule has 0 bridgehead atoms. The van der Waals surface area contributed by atoms with E-state index in [0.717, 1.165) is 0 Å². The van der Waals surface area contributed by atoms with E-state index in [0.29, 0.717) is 16.9 Å². The molecule has 5 heteroatoms. The molecular weight excluding hydrogens is 207 g/mol. The largest absolute Gasteiger partial charge is 0.396 e. The number of aryl methyl sites for hydroxylation is 1. The summed E-state index contributed by atoms with van der Waals surface area (Å²) in [4.78, 5) is 0. The first-order valence-electron chi connectivity index (χ1n) is 4.61. The second kappa shape index (κ2) is 3.66. The van der Waals surface area contributed by atoms with Crippen molar-refractivity contribution in [1.29, 1.82) is 5.26 Å². The smallest absolute Gasteiger partial charge is 0.140 e. The Labute approximate surface area is 91.7 Å². The van der Waals surface area contributed by atoms with E-state index in [1.807, 2.05) is 0 Å². The number of hydrogen-bond donors (Lipinski definition) is 1. The molecule has 80 valence electrons. The Kier molecular flexibility index (Phi) is 2.33. The number of nitrogen functional groups attached to an aromatic ring is 1. The number of hydrogen-bond acceptors (Lipinski definition) is 3. The Morgan fingerprint density at radius 3 is 2.81 bits per heavy atom. The van der Waals surface area contributed by atoms with Gasteiger partial charge < -0.3 is 5.73 Å². The zero-order valence-electron chi connectivity index (χ0n) is 8.61. The Morgan fingerprint density at radius 2 is 2.25 bits per heavy atom. The maximum absolute atomic E-state index is 13.1. The average Bonchev–Trinajstić information content (AvgIpc) is 2.60. The lowest BCUT2D eigenvalue weighted by molar-refractivity contribution is 0.624. The first-order chi connectivity index (χ1) is 7.63. The highest BCUT2D eigenvalue weighted by molar-refractivity contribution is 5.73. The lowest BCUT2D eigenvalue weighted by Crippen LogP contribution is -1.96. The van der Waals surface area contributed by atoms with Gasteiger partial charge in [0.15, 0.2) is 0 Å². The summed E-state index contributed by atoms with van der Waals surface area (Å²) < 4.78 is 14.7. The van der Waals surface area contributed by atoms with Gasteiger partial charge in [0.25, 0.3) is 0 Å². The van der Waals surface area contributed by atoms with Gasteiger partial charge in [0.2, 0.25) is 0 Å². The van der Waals surface area contributed by atoms with Crippen molar-refractivity contribution in [2.45, 2.75) is 0 Å². The quantitative estimate of drug-likeness (QED) is 0.788. The van der Waals surface area contributed by atoms with E-state index in [2.05, 4.69) is 5.10 Å². The standard InChI is InChI=1S/C11H9FN4/c1-16-11(10(14)6-15-16)7-2-3-9(12)8(4-7)5-13/h2-4,6H,14H2,1H3. The van der Waals surface area contributed by atoms with Gasteiger partial charge in [-0.3, -0.25) is 4.68 Å². The van der Waals surface area contributed by atoms with Crippen LogP contribution in [0.15, 0.2) is 24.4 Å². The van der Waals surface area contributed by atoms with Crippen LogP contribution in [0.2, 0.25) is 0 Å². The minimum absolute atomic E-state index is 0.00176. The van der Waals surface area contributed by atoms with Crippen LogP contribution in [0, 0.1) is 17.1 Å². The number of rotatable bonds is 1. The predicted molar refractivity (Wildman–Crippen MR) is 57.7 cm³/mol. The third-order valence-electron chi connectivity index (χ3n) is 2.33. The number of nitrogens with two attached hydrogens (primary N) is 1. The van der Waals surface area contributed by atoms with Crippen LogP contribution < -0.4 is 5.73 Å². The normalized spacial score (nSPS) is 10.1. The molecule has 0 atom stereocenters. The van der Waals surface area contributed by atoms with Gasteiger partial charge in [0.05, 0.1) is 23.1 Å². The summed E-state index contributed by atoms with van der Waals surface area (Å²) in [5, 5.41) is 12.7. The highest BCUT2D eigenvalue weighted by Crippen LogP contribution is 2.26. The van der Waals surface area contributed by atoms with Crippen molar-refractivity contribution < 1.29 is 4.39 Å². The Hall–Kier alpha value is -2.35. The highest BCUT2D eigenvalue weighted by Gasteiger charge is 2.10. The molecule has 2 rings (SSSR count). The van der Waals surface area contributed by atoms with Crippen molar-refractivity contribution >= 4 is 5.69 Å². The van der Waals surface area contributed by atoms with E-state index < -0.39 is 5.82 Å². The van der Waals surface area contributed by atoms with Gasteiger partial charge in [0, 0.05) is 12.6 Å². The summed E-state index contributed by atoms with van der Waals surface area (Å²) in [6, 6.07) is 6.08. The van der Waals surface area contributed by atoms with Gasteiger partial charge in [-0.05, 0) is 18.2 Å². The first-order valence-corrected chi connectivity index (χ1v) is 4.61. The lowest BCUT2D eigenvalue weighted by atomic mass is 10.1. The van der Waals surface area contributed by atoms with E-state index in [-0.39, 0.29) is 5.56 Å². The van der Waals surface area contributed by atoms with Gasteiger partial charge in [0.1, 0.15) is 11.9 Å². The van der Waals surface area contributed by atoms with Gasteiger partial charge in [-0.25, -0.2) is 4.39 Å². The minimum atomic E-state index is -0.535. The molecule has 0 saturated heterocycles. The van der Waals surface area contributed by atoms with E-state index in [9.17, 15) is 4.39 Å². The minimum Gasteiger partial charge on any atom is -0.396 e. The molecule has 2 N–H and O–H groups in total. The monoisotopic (exact) mass is 216 g/mol. The van der Waals surface area contributed by atoms with Crippen molar-refractivity contribution in [3.05, 3.63) is 35.8 Å². The molecule has 0 spiro atoms. The lowest BCUT2D eigenvalue weighted by Gasteiger charge is -2.04. The molecule has 4 nitrogen and oxygen atoms in total. The average molecular weight is 216 g/mol. The van der Waals surface area contributed by atoms with Gasteiger partial charge >= 0.3 is 0 Å². The second-order valence-corrected chi connectivity index (χ2v) is 3.38. The molecule has 0 saturated carbocycles. The molecule has 1 aromatic heterocycles. The SMILES string of the molecule is Cn1ncc(N)c1-c1ccc(F)c(C#N)c1. The predicted octanol–water partition coefficient (Wildman–Crippen LogP) is 1.68. The second-order valence-electron chi connectivity index (χ2n) is 3.38. The maximum atomic E-state index is 13.1. The molecule has 0 aliphatic heterocycles. The zero-order valence-corrected chi connectivity index (χ0v) is 8.61. The molecule has 0 aliphatic rings. The maximum Gasteiger partial charge on any atom is 0.140 e. The van der Waals surface area contributed by atoms with Crippen LogP contribution in [0.4, 0.5) is 10.1 Å². The Morgan fingerprint density at radius 1 is 1.50 bits per heavy atom.